The average molecular weight is 428 g/mol. The summed E-state index contributed by atoms with van der Waals surface area (Å²) in [6.07, 6.45) is 0. The molecule has 0 saturated carbocycles. The molecule has 27 heavy (non-hydrogen) atoms. The largest absolute Gasteiger partial charge is 0.411 e. The first-order valence-electron chi connectivity index (χ1n) is 7.58. The van der Waals surface area contributed by atoms with Crippen LogP contribution in [0, 0.1) is 0 Å². The standard InChI is InChI=1S/C17H12ClF2N3O2S2/c18-11-6-2-1-5-10(11)15-22-23-17(25-15)26-9-14(24)21-12-7-3-4-8-13(12)27-16(19)20/h1-8,16H,9H2,(H,21,24). The van der Waals surface area contributed by atoms with Crippen molar-refractivity contribution in [2.75, 3.05) is 11.1 Å². The van der Waals surface area contributed by atoms with Gasteiger partial charge in [0.25, 0.3) is 11.0 Å². The summed E-state index contributed by atoms with van der Waals surface area (Å²) in [5.74, 6) is -2.71. The predicted molar refractivity (Wildman–Crippen MR) is 102 cm³/mol. The molecule has 0 aliphatic carbocycles. The van der Waals surface area contributed by atoms with Crippen LogP contribution >= 0.6 is 35.1 Å². The number of halogens is 3. The zero-order valence-electron chi connectivity index (χ0n) is 13.6. The number of rotatable bonds is 7. The Hall–Kier alpha value is -2.10. The summed E-state index contributed by atoms with van der Waals surface area (Å²) in [6, 6.07) is 13.4. The van der Waals surface area contributed by atoms with Gasteiger partial charge in [0.1, 0.15) is 0 Å². The van der Waals surface area contributed by atoms with Crippen molar-refractivity contribution >= 4 is 46.7 Å². The van der Waals surface area contributed by atoms with Gasteiger partial charge in [-0.05, 0) is 24.3 Å². The monoisotopic (exact) mass is 427 g/mol. The van der Waals surface area contributed by atoms with E-state index >= 15 is 0 Å². The van der Waals surface area contributed by atoms with E-state index in [4.69, 9.17) is 16.0 Å². The van der Waals surface area contributed by atoms with Crippen molar-refractivity contribution in [3.05, 3.63) is 53.6 Å². The number of hydrogen-bond acceptors (Lipinski definition) is 6. The van der Waals surface area contributed by atoms with Crippen molar-refractivity contribution in [2.45, 2.75) is 15.9 Å². The van der Waals surface area contributed by atoms with Gasteiger partial charge in [-0.2, -0.15) is 8.78 Å². The summed E-state index contributed by atoms with van der Waals surface area (Å²) in [5, 5.41) is 11.1. The summed E-state index contributed by atoms with van der Waals surface area (Å²) in [7, 11) is 0. The lowest BCUT2D eigenvalue weighted by Crippen LogP contribution is -2.14. The van der Waals surface area contributed by atoms with Crippen LogP contribution in [0.5, 0.6) is 0 Å². The summed E-state index contributed by atoms with van der Waals surface area (Å²) in [6.45, 7) is 0. The van der Waals surface area contributed by atoms with Gasteiger partial charge >= 0.3 is 0 Å². The van der Waals surface area contributed by atoms with Crippen LogP contribution in [-0.4, -0.2) is 27.6 Å². The molecule has 10 heteroatoms. The minimum atomic E-state index is -2.57. The predicted octanol–water partition coefficient (Wildman–Crippen LogP) is 5.44. The van der Waals surface area contributed by atoms with Crippen LogP contribution in [0.2, 0.25) is 5.02 Å². The average Bonchev–Trinajstić information content (AvgIpc) is 3.10. The smallest absolute Gasteiger partial charge is 0.288 e. The fourth-order valence-electron chi connectivity index (χ4n) is 2.09. The Kier molecular flexibility index (Phi) is 6.70. The molecule has 0 fully saturated rings. The second-order valence-electron chi connectivity index (χ2n) is 5.06. The lowest BCUT2D eigenvalue weighted by atomic mass is 10.2. The van der Waals surface area contributed by atoms with Gasteiger partial charge in [-0.25, -0.2) is 0 Å². The number of para-hydroxylation sites is 1. The molecular formula is C17H12ClF2N3O2S2. The SMILES string of the molecule is O=C(CSc1nnc(-c2ccccc2Cl)o1)Nc1ccccc1SC(F)F. The third-order valence-electron chi connectivity index (χ3n) is 3.21. The highest BCUT2D eigenvalue weighted by molar-refractivity contribution is 8.00. The number of carbonyl (C=O) groups excluding carboxylic acids is 1. The molecule has 5 nitrogen and oxygen atoms in total. The van der Waals surface area contributed by atoms with Crippen molar-refractivity contribution in [2.24, 2.45) is 0 Å². The van der Waals surface area contributed by atoms with Crippen LogP contribution in [0.4, 0.5) is 14.5 Å². The molecule has 0 spiro atoms. The maximum absolute atomic E-state index is 12.6. The normalized spacial score (nSPS) is 11.0. The van der Waals surface area contributed by atoms with E-state index in [1.165, 1.54) is 6.07 Å². The lowest BCUT2D eigenvalue weighted by Gasteiger charge is -2.09. The quantitative estimate of drug-likeness (QED) is 0.507. The van der Waals surface area contributed by atoms with Crippen molar-refractivity contribution in [1.29, 1.82) is 0 Å². The Bertz CT molecular complexity index is 940. The van der Waals surface area contributed by atoms with Gasteiger partial charge in [0.2, 0.25) is 11.8 Å². The van der Waals surface area contributed by atoms with Gasteiger partial charge in [-0.1, -0.05) is 59.4 Å². The number of alkyl halides is 2. The third-order valence-corrected chi connectivity index (χ3v) is 5.15. The zero-order chi connectivity index (χ0) is 19.2. The molecule has 0 aliphatic heterocycles. The highest BCUT2D eigenvalue weighted by Crippen LogP contribution is 2.32. The van der Waals surface area contributed by atoms with Crippen LogP contribution in [0.3, 0.4) is 0 Å². The van der Waals surface area contributed by atoms with Crippen molar-refractivity contribution in [3.63, 3.8) is 0 Å². The molecule has 1 heterocycles. The molecule has 140 valence electrons. The molecule has 0 aliphatic rings. The van der Waals surface area contributed by atoms with Gasteiger partial charge in [0, 0.05) is 4.90 Å². The number of anilines is 1. The van der Waals surface area contributed by atoms with E-state index < -0.39 is 5.76 Å². The maximum atomic E-state index is 12.6. The molecule has 1 amide bonds. The highest BCUT2D eigenvalue weighted by atomic mass is 35.5. The van der Waals surface area contributed by atoms with Gasteiger partial charge < -0.3 is 9.73 Å². The van der Waals surface area contributed by atoms with E-state index in [9.17, 15) is 13.6 Å². The summed E-state index contributed by atoms with van der Waals surface area (Å²) >= 11 is 7.50. The molecule has 1 N–H and O–H groups in total. The zero-order valence-corrected chi connectivity index (χ0v) is 16.0. The van der Waals surface area contributed by atoms with E-state index in [2.05, 4.69) is 15.5 Å². The Morgan fingerprint density at radius 2 is 1.89 bits per heavy atom. The first-order valence-corrected chi connectivity index (χ1v) is 9.82. The lowest BCUT2D eigenvalue weighted by molar-refractivity contribution is -0.113. The first kappa shape index (κ1) is 19.7. The summed E-state index contributed by atoms with van der Waals surface area (Å²) < 4.78 is 30.7. The highest BCUT2D eigenvalue weighted by Gasteiger charge is 2.15. The number of hydrogen-bond donors (Lipinski definition) is 1. The topological polar surface area (TPSA) is 68.0 Å². The van der Waals surface area contributed by atoms with E-state index in [0.717, 1.165) is 11.8 Å². The summed E-state index contributed by atoms with van der Waals surface area (Å²) in [4.78, 5) is 12.4. The van der Waals surface area contributed by atoms with Crippen molar-refractivity contribution in [3.8, 4) is 11.5 Å². The summed E-state index contributed by atoms with van der Waals surface area (Å²) in [5.41, 5.74) is 0.927. The molecule has 0 saturated heterocycles. The molecular weight excluding hydrogens is 416 g/mol. The number of benzene rings is 2. The Morgan fingerprint density at radius 3 is 2.67 bits per heavy atom. The molecule has 1 aromatic heterocycles. The van der Waals surface area contributed by atoms with Crippen LogP contribution in [0.1, 0.15) is 0 Å². The fourth-order valence-corrected chi connectivity index (χ4v) is 3.47. The maximum Gasteiger partial charge on any atom is 0.288 e. The van der Waals surface area contributed by atoms with Gasteiger partial charge in [0.05, 0.1) is 22.0 Å². The molecule has 2 aromatic carbocycles. The number of aromatic nitrogens is 2. The van der Waals surface area contributed by atoms with Crippen molar-refractivity contribution < 1.29 is 18.0 Å². The molecule has 0 unspecified atom stereocenters. The van der Waals surface area contributed by atoms with Crippen LogP contribution in [0.25, 0.3) is 11.5 Å². The van der Waals surface area contributed by atoms with Gasteiger partial charge in [0.15, 0.2) is 0 Å². The Balaban J connectivity index is 1.60. The number of thioether (sulfide) groups is 2. The van der Waals surface area contributed by atoms with Crippen LogP contribution in [0.15, 0.2) is 63.1 Å². The minimum absolute atomic E-state index is 0.0160. The second-order valence-corrected chi connectivity index (χ2v) is 7.43. The van der Waals surface area contributed by atoms with E-state index in [0.29, 0.717) is 32.9 Å². The molecule has 0 atom stereocenters. The minimum Gasteiger partial charge on any atom is -0.411 e. The molecule has 3 rings (SSSR count). The number of nitrogens with one attached hydrogen (secondary N) is 1. The molecule has 0 bridgehead atoms. The molecule has 3 aromatic rings. The van der Waals surface area contributed by atoms with Gasteiger partial charge in [-0.3, -0.25) is 4.79 Å². The Labute approximate surface area is 166 Å². The van der Waals surface area contributed by atoms with E-state index in [-0.39, 0.29) is 22.8 Å². The fraction of sp³-hybridized carbons (Fsp3) is 0.118. The van der Waals surface area contributed by atoms with E-state index in [1.807, 2.05) is 0 Å². The number of amides is 1. The number of nitrogens with zero attached hydrogens (tertiary/aromatic N) is 2. The van der Waals surface area contributed by atoms with Crippen LogP contribution in [-0.2, 0) is 4.79 Å². The molecule has 0 radical (unpaired) electrons. The Morgan fingerprint density at radius 1 is 1.15 bits per heavy atom. The number of carbonyl (C=O) groups is 1. The van der Waals surface area contributed by atoms with Gasteiger partial charge in [-0.15, -0.1) is 10.2 Å². The second kappa shape index (κ2) is 9.20. The van der Waals surface area contributed by atoms with E-state index in [1.54, 1.807) is 42.5 Å². The first-order chi connectivity index (χ1) is 13.0. The van der Waals surface area contributed by atoms with Crippen LogP contribution < -0.4 is 5.32 Å². The third kappa shape index (κ3) is 5.44. The van der Waals surface area contributed by atoms with Crippen molar-refractivity contribution in [1.82, 2.24) is 10.2 Å².